The summed E-state index contributed by atoms with van der Waals surface area (Å²) < 4.78 is 20.4. The van der Waals surface area contributed by atoms with Gasteiger partial charge in [-0.15, -0.1) is 0 Å². The highest BCUT2D eigenvalue weighted by Gasteiger charge is 2.15. The first-order valence-corrected chi connectivity index (χ1v) is 8.37. The number of aryl methyl sites for hydroxylation is 2. The minimum atomic E-state index is -0.506. The molecule has 0 saturated heterocycles. The maximum Gasteiger partial charge on any atom is 0.347 e. The van der Waals surface area contributed by atoms with Crippen molar-refractivity contribution < 1.29 is 13.6 Å². The van der Waals surface area contributed by atoms with Crippen molar-refractivity contribution in [2.24, 2.45) is 0 Å². The number of rotatable bonds is 3. The number of carbonyl (C=O) groups excluding carboxylic acids is 1. The molecule has 1 amide bonds. The summed E-state index contributed by atoms with van der Waals surface area (Å²) in [5, 5.41) is 7.83. The normalized spacial score (nSPS) is 11.2. The van der Waals surface area contributed by atoms with Crippen LogP contribution in [0.15, 0.2) is 51.8 Å². The van der Waals surface area contributed by atoms with Crippen molar-refractivity contribution in [2.45, 2.75) is 20.4 Å². The highest BCUT2D eigenvalue weighted by molar-refractivity contribution is 6.03. The van der Waals surface area contributed by atoms with Crippen LogP contribution in [0.4, 0.5) is 10.1 Å². The minimum Gasteiger partial charge on any atom is -0.422 e. The first-order valence-electron chi connectivity index (χ1n) is 8.37. The summed E-state index contributed by atoms with van der Waals surface area (Å²) >= 11 is 0. The SMILES string of the molecule is Cc1ccc2oc(=O)c3cnn(CC(=O)Nc4ccc(C)c(F)c4)c3c2c1. The van der Waals surface area contributed by atoms with Crippen LogP contribution in [0.5, 0.6) is 0 Å². The van der Waals surface area contributed by atoms with Crippen molar-refractivity contribution >= 4 is 33.5 Å². The van der Waals surface area contributed by atoms with Gasteiger partial charge in [0, 0.05) is 11.1 Å². The number of carbonyl (C=O) groups is 1. The molecule has 0 aliphatic heterocycles. The van der Waals surface area contributed by atoms with Gasteiger partial charge in [-0.2, -0.15) is 5.10 Å². The number of hydrogen-bond acceptors (Lipinski definition) is 4. The van der Waals surface area contributed by atoms with Gasteiger partial charge < -0.3 is 9.73 Å². The molecule has 0 fully saturated rings. The van der Waals surface area contributed by atoms with E-state index < -0.39 is 11.4 Å². The molecule has 4 rings (SSSR count). The zero-order chi connectivity index (χ0) is 19.1. The van der Waals surface area contributed by atoms with Crippen molar-refractivity contribution in [1.29, 1.82) is 0 Å². The largest absolute Gasteiger partial charge is 0.422 e. The Kier molecular flexibility index (Phi) is 3.99. The third-order valence-electron chi connectivity index (χ3n) is 4.40. The second-order valence-corrected chi connectivity index (χ2v) is 6.47. The van der Waals surface area contributed by atoms with E-state index in [2.05, 4.69) is 10.4 Å². The van der Waals surface area contributed by atoms with Crippen LogP contribution < -0.4 is 10.9 Å². The summed E-state index contributed by atoms with van der Waals surface area (Å²) in [5.41, 5.74) is 2.31. The Balaban J connectivity index is 1.72. The molecule has 1 N–H and O–H groups in total. The van der Waals surface area contributed by atoms with Gasteiger partial charge in [0.15, 0.2) is 0 Å². The number of anilines is 1. The summed E-state index contributed by atoms with van der Waals surface area (Å²) in [5.74, 6) is -0.770. The molecule has 0 spiro atoms. The Morgan fingerprint density at radius 1 is 1.19 bits per heavy atom. The number of nitrogens with one attached hydrogen (secondary N) is 1. The average Bonchev–Trinajstić information content (AvgIpc) is 3.03. The third kappa shape index (κ3) is 3.08. The molecule has 0 radical (unpaired) electrons. The maximum absolute atomic E-state index is 13.7. The van der Waals surface area contributed by atoms with Gasteiger partial charge in [0.05, 0.1) is 11.7 Å². The summed E-state index contributed by atoms with van der Waals surface area (Å²) in [7, 11) is 0. The molecule has 2 aromatic carbocycles. The van der Waals surface area contributed by atoms with Crippen LogP contribution in [0.25, 0.3) is 21.9 Å². The molecule has 0 atom stereocenters. The average molecular weight is 365 g/mol. The number of amides is 1. The van der Waals surface area contributed by atoms with Gasteiger partial charge >= 0.3 is 5.63 Å². The third-order valence-corrected chi connectivity index (χ3v) is 4.40. The van der Waals surface area contributed by atoms with E-state index in [9.17, 15) is 14.0 Å². The fraction of sp³-hybridized carbons (Fsp3) is 0.150. The molecule has 0 aliphatic carbocycles. The predicted octanol–water partition coefficient (Wildman–Crippen LogP) is 3.54. The van der Waals surface area contributed by atoms with Crippen LogP contribution in [0.2, 0.25) is 0 Å². The molecule has 2 aromatic heterocycles. The Bertz CT molecular complexity index is 1260. The van der Waals surface area contributed by atoms with Crippen LogP contribution in [-0.2, 0) is 11.3 Å². The molecule has 27 heavy (non-hydrogen) atoms. The fourth-order valence-electron chi connectivity index (χ4n) is 3.02. The highest BCUT2D eigenvalue weighted by atomic mass is 19.1. The van der Waals surface area contributed by atoms with E-state index in [-0.39, 0.29) is 12.5 Å². The molecule has 0 aliphatic rings. The van der Waals surface area contributed by atoms with E-state index in [4.69, 9.17) is 4.42 Å². The molecule has 0 bridgehead atoms. The molecule has 0 saturated carbocycles. The van der Waals surface area contributed by atoms with Gasteiger partial charge in [-0.25, -0.2) is 9.18 Å². The Hall–Kier alpha value is -3.48. The first-order chi connectivity index (χ1) is 12.9. The van der Waals surface area contributed by atoms with Crippen molar-refractivity contribution in [3.05, 3.63) is 70.0 Å². The second kappa shape index (κ2) is 6.35. The van der Waals surface area contributed by atoms with E-state index in [0.29, 0.717) is 33.1 Å². The standard InChI is InChI=1S/C20H16FN3O3/c1-11-3-6-17-14(7-11)19-15(20(26)27-17)9-22-24(19)10-18(25)23-13-5-4-12(2)16(21)8-13/h3-9H,10H2,1-2H3,(H,23,25). The Morgan fingerprint density at radius 2 is 2.00 bits per heavy atom. The molecular weight excluding hydrogens is 349 g/mol. The van der Waals surface area contributed by atoms with Crippen LogP contribution in [0, 0.1) is 19.7 Å². The smallest absolute Gasteiger partial charge is 0.347 e. The van der Waals surface area contributed by atoms with Gasteiger partial charge in [0.25, 0.3) is 0 Å². The second-order valence-electron chi connectivity index (χ2n) is 6.47. The highest BCUT2D eigenvalue weighted by Crippen LogP contribution is 2.24. The van der Waals surface area contributed by atoms with Crippen molar-refractivity contribution in [3.8, 4) is 0 Å². The van der Waals surface area contributed by atoms with Crippen LogP contribution in [0.1, 0.15) is 11.1 Å². The Morgan fingerprint density at radius 3 is 2.78 bits per heavy atom. The first kappa shape index (κ1) is 17.0. The molecule has 4 aromatic rings. The van der Waals surface area contributed by atoms with Gasteiger partial charge in [0.1, 0.15) is 23.3 Å². The monoisotopic (exact) mass is 365 g/mol. The quantitative estimate of drug-likeness (QED) is 0.564. The number of halogens is 1. The van der Waals surface area contributed by atoms with Crippen LogP contribution in [0.3, 0.4) is 0 Å². The lowest BCUT2D eigenvalue weighted by atomic mass is 10.1. The summed E-state index contributed by atoms with van der Waals surface area (Å²) in [6, 6.07) is 9.93. The molecule has 7 heteroatoms. The molecule has 6 nitrogen and oxygen atoms in total. The fourth-order valence-corrected chi connectivity index (χ4v) is 3.02. The van der Waals surface area contributed by atoms with E-state index in [0.717, 1.165) is 5.56 Å². The minimum absolute atomic E-state index is 0.120. The van der Waals surface area contributed by atoms with Crippen molar-refractivity contribution in [2.75, 3.05) is 5.32 Å². The van der Waals surface area contributed by atoms with Crippen molar-refractivity contribution in [1.82, 2.24) is 9.78 Å². The summed E-state index contributed by atoms with van der Waals surface area (Å²) in [6.45, 7) is 3.46. The van der Waals surface area contributed by atoms with E-state index >= 15 is 0 Å². The van der Waals surface area contributed by atoms with E-state index in [1.807, 2.05) is 19.1 Å². The van der Waals surface area contributed by atoms with Gasteiger partial charge in [0.2, 0.25) is 5.91 Å². The maximum atomic E-state index is 13.7. The summed E-state index contributed by atoms with van der Waals surface area (Å²) in [6.07, 6.45) is 1.39. The van der Waals surface area contributed by atoms with E-state index in [1.54, 1.807) is 25.1 Å². The molecule has 2 heterocycles. The summed E-state index contributed by atoms with van der Waals surface area (Å²) in [4.78, 5) is 24.6. The lowest BCUT2D eigenvalue weighted by Crippen LogP contribution is -2.19. The zero-order valence-corrected chi connectivity index (χ0v) is 14.7. The van der Waals surface area contributed by atoms with Gasteiger partial charge in [-0.1, -0.05) is 17.7 Å². The van der Waals surface area contributed by atoms with Crippen LogP contribution in [-0.4, -0.2) is 15.7 Å². The lowest BCUT2D eigenvalue weighted by molar-refractivity contribution is -0.116. The van der Waals surface area contributed by atoms with E-state index in [1.165, 1.54) is 16.9 Å². The Labute approximate surface area is 153 Å². The molecule has 0 unspecified atom stereocenters. The molecule has 136 valence electrons. The number of benzene rings is 2. The number of hydrogen-bond donors (Lipinski definition) is 1. The number of fused-ring (bicyclic) bond motifs is 3. The molecular formula is C20H16FN3O3. The zero-order valence-electron chi connectivity index (χ0n) is 14.7. The number of aromatic nitrogens is 2. The predicted molar refractivity (Wildman–Crippen MR) is 100 cm³/mol. The number of nitrogens with zero attached hydrogens (tertiary/aromatic N) is 2. The lowest BCUT2D eigenvalue weighted by Gasteiger charge is -2.08. The van der Waals surface area contributed by atoms with Crippen molar-refractivity contribution in [3.63, 3.8) is 0 Å². The topological polar surface area (TPSA) is 77.1 Å². The van der Waals surface area contributed by atoms with Crippen LogP contribution >= 0.6 is 0 Å². The van der Waals surface area contributed by atoms with Gasteiger partial charge in [-0.05, 0) is 43.7 Å². The van der Waals surface area contributed by atoms with Gasteiger partial charge in [-0.3, -0.25) is 9.48 Å².